The number of ether oxygens (including phenoxy) is 1. The van der Waals surface area contributed by atoms with E-state index < -0.39 is 0 Å². The molecule has 0 saturated heterocycles. The highest BCUT2D eigenvalue weighted by Gasteiger charge is 2.20. The highest BCUT2D eigenvalue weighted by Crippen LogP contribution is 2.27. The van der Waals surface area contributed by atoms with Gasteiger partial charge in [-0.15, -0.1) is 0 Å². The predicted molar refractivity (Wildman–Crippen MR) is 73.2 cm³/mol. The van der Waals surface area contributed by atoms with E-state index in [0.29, 0.717) is 0 Å². The largest absolute Gasteiger partial charge is 0.372 e. The molecule has 0 bridgehead atoms. The van der Waals surface area contributed by atoms with E-state index in [2.05, 4.69) is 4.98 Å². The van der Waals surface area contributed by atoms with Gasteiger partial charge in [0.25, 0.3) is 0 Å². The summed E-state index contributed by atoms with van der Waals surface area (Å²) in [5, 5.41) is 0. The van der Waals surface area contributed by atoms with Crippen LogP contribution < -0.4 is 5.73 Å². The van der Waals surface area contributed by atoms with Crippen molar-refractivity contribution >= 4 is 0 Å². The fraction of sp³-hybridized carbons (Fsp3) is 0.667. The molecule has 18 heavy (non-hydrogen) atoms. The molecule has 2 rings (SSSR count). The predicted octanol–water partition coefficient (Wildman–Crippen LogP) is 3.07. The van der Waals surface area contributed by atoms with E-state index >= 15 is 0 Å². The Bertz CT molecular complexity index is 334. The molecule has 1 fully saturated rings. The SMILES string of the molecule is CC(N)C(OCC1CCCCC1)c1ccncc1. The van der Waals surface area contributed by atoms with Crippen molar-refractivity contribution < 1.29 is 4.74 Å². The van der Waals surface area contributed by atoms with E-state index in [1.54, 1.807) is 12.4 Å². The average Bonchev–Trinajstić information content (AvgIpc) is 2.41. The second kappa shape index (κ2) is 6.86. The van der Waals surface area contributed by atoms with Gasteiger partial charge >= 0.3 is 0 Å². The fourth-order valence-electron chi connectivity index (χ4n) is 2.70. The Morgan fingerprint density at radius 1 is 1.28 bits per heavy atom. The Kier molecular flexibility index (Phi) is 5.14. The normalized spacial score (nSPS) is 20.6. The molecule has 2 atom stereocenters. The van der Waals surface area contributed by atoms with Gasteiger partial charge in [-0.1, -0.05) is 19.3 Å². The maximum atomic E-state index is 6.08. The second-order valence-corrected chi connectivity index (χ2v) is 5.40. The van der Waals surface area contributed by atoms with E-state index in [0.717, 1.165) is 18.1 Å². The van der Waals surface area contributed by atoms with Crippen molar-refractivity contribution in [2.45, 2.75) is 51.2 Å². The van der Waals surface area contributed by atoms with Crippen LogP contribution in [-0.2, 0) is 4.74 Å². The number of pyridine rings is 1. The van der Waals surface area contributed by atoms with Gasteiger partial charge in [0.05, 0.1) is 12.7 Å². The van der Waals surface area contributed by atoms with E-state index in [4.69, 9.17) is 10.5 Å². The van der Waals surface area contributed by atoms with Gasteiger partial charge in [0.1, 0.15) is 0 Å². The molecular weight excluding hydrogens is 224 g/mol. The Morgan fingerprint density at radius 3 is 2.56 bits per heavy atom. The molecule has 1 aliphatic rings. The van der Waals surface area contributed by atoms with Crippen LogP contribution in [0.25, 0.3) is 0 Å². The topological polar surface area (TPSA) is 48.1 Å². The van der Waals surface area contributed by atoms with Crippen LogP contribution in [0.2, 0.25) is 0 Å². The van der Waals surface area contributed by atoms with Crippen LogP contribution >= 0.6 is 0 Å². The molecule has 2 N–H and O–H groups in total. The lowest BCUT2D eigenvalue weighted by atomic mass is 9.90. The van der Waals surface area contributed by atoms with Crippen molar-refractivity contribution in [2.75, 3.05) is 6.61 Å². The van der Waals surface area contributed by atoms with Crippen molar-refractivity contribution in [2.24, 2.45) is 11.7 Å². The Labute approximate surface area is 110 Å². The lowest BCUT2D eigenvalue weighted by Crippen LogP contribution is -2.29. The zero-order chi connectivity index (χ0) is 12.8. The summed E-state index contributed by atoms with van der Waals surface area (Å²) < 4.78 is 6.08. The smallest absolute Gasteiger partial charge is 0.0974 e. The van der Waals surface area contributed by atoms with Crippen LogP contribution in [0.5, 0.6) is 0 Å². The molecular formula is C15H24N2O. The van der Waals surface area contributed by atoms with Crippen LogP contribution in [0.1, 0.15) is 50.7 Å². The zero-order valence-electron chi connectivity index (χ0n) is 11.2. The van der Waals surface area contributed by atoms with E-state index in [-0.39, 0.29) is 12.1 Å². The van der Waals surface area contributed by atoms with Gasteiger partial charge in [0.15, 0.2) is 0 Å². The summed E-state index contributed by atoms with van der Waals surface area (Å²) in [6, 6.07) is 4.00. The minimum Gasteiger partial charge on any atom is -0.372 e. The molecule has 1 aliphatic carbocycles. The van der Waals surface area contributed by atoms with Gasteiger partial charge in [-0.25, -0.2) is 0 Å². The monoisotopic (exact) mass is 248 g/mol. The van der Waals surface area contributed by atoms with Crippen molar-refractivity contribution in [1.29, 1.82) is 0 Å². The first-order valence-electron chi connectivity index (χ1n) is 7.04. The van der Waals surface area contributed by atoms with Crippen LogP contribution in [0.3, 0.4) is 0 Å². The van der Waals surface area contributed by atoms with Gasteiger partial charge in [-0.05, 0) is 43.4 Å². The second-order valence-electron chi connectivity index (χ2n) is 5.40. The number of hydrogen-bond acceptors (Lipinski definition) is 3. The standard InChI is InChI=1S/C15H24N2O/c1-12(16)15(14-7-9-17-10-8-14)18-11-13-5-3-2-4-6-13/h7-10,12-13,15H,2-6,11,16H2,1H3. The molecule has 100 valence electrons. The molecule has 3 heteroatoms. The van der Waals surface area contributed by atoms with Crippen molar-refractivity contribution in [3.05, 3.63) is 30.1 Å². The third-order valence-electron chi connectivity index (χ3n) is 3.75. The van der Waals surface area contributed by atoms with Crippen LogP contribution in [-0.4, -0.2) is 17.6 Å². The summed E-state index contributed by atoms with van der Waals surface area (Å²) in [4.78, 5) is 4.04. The minimum absolute atomic E-state index is 0.00470. The summed E-state index contributed by atoms with van der Waals surface area (Å²) in [5.74, 6) is 0.724. The van der Waals surface area contributed by atoms with Crippen LogP contribution in [0.4, 0.5) is 0 Å². The third kappa shape index (κ3) is 3.79. The molecule has 0 aromatic carbocycles. The van der Waals surface area contributed by atoms with Gasteiger partial charge in [-0.2, -0.15) is 0 Å². The highest BCUT2D eigenvalue weighted by molar-refractivity contribution is 5.14. The van der Waals surface area contributed by atoms with Crippen molar-refractivity contribution in [1.82, 2.24) is 4.98 Å². The van der Waals surface area contributed by atoms with Crippen molar-refractivity contribution in [3.63, 3.8) is 0 Å². The number of aromatic nitrogens is 1. The van der Waals surface area contributed by atoms with E-state index in [9.17, 15) is 0 Å². The van der Waals surface area contributed by atoms with E-state index in [1.807, 2.05) is 19.1 Å². The Morgan fingerprint density at radius 2 is 1.94 bits per heavy atom. The summed E-state index contributed by atoms with van der Waals surface area (Å²) >= 11 is 0. The van der Waals surface area contributed by atoms with Crippen LogP contribution in [0, 0.1) is 5.92 Å². The molecule has 1 aromatic rings. The van der Waals surface area contributed by atoms with Gasteiger partial charge in [-0.3, -0.25) is 4.98 Å². The summed E-state index contributed by atoms with van der Waals surface area (Å²) in [6.07, 6.45) is 10.3. The first-order chi connectivity index (χ1) is 8.77. The molecule has 1 heterocycles. The average molecular weight is 248 g/mol. The maximum Gasteiger partial charge on any atom is 0.0974 e. The molecule has 0 spiro atoms. The van der Waals surface area contributed by atoms with Gasteiger partial charge in [0.2, 0.25) is 0 Å². The number of nitrogens with zero attached hydrogens (tertiary/aromatic N) is 1. The Balaban J connectivity index is 1.90. The van der Waals surface area contributed by atoms with Gasteiger partial charge < -0.3 is 10.5 Å². The Hall–Kier alpha value is -0.930. The number of hydrogen-bond donors (Lipinski definition) is 1. The third-order valence-corrected chi connectivity index (χ3v) is 3.75. The zero-order valence-corrected chi connectivity index (χ0v) is 11.2. The minimum atomic E-state index is -0.00470. The molecule has 1 aromatic heterocycles. The maximum absolute atomic E-state index is 6.08. The van der Waals surface area contributed by atoms with Crippen LogP contribution in [0.15, 0.2) is 24.5 Å². The summed E-state index contributed by atoms with van der Waals surface area (Å²) in [6.45, 7) is 2.85. The molecule has 0 amide bonds. The quantitative estimate of drug-likeness (QED) is 0.871. The molecule has 0 aliphatic heterocycles. The molecule has 3 nitrogen and oxygen atoms in total. The number of rotatable bonds is 5. The molecule has 2 unspecified atom stereocenters. The summed E-state index contributed by atoms with van der Waals surface area (Å²) in [5.41, 5.74) is 7.17. The molecule has 0 radical (unpaired) electrons. The lowest BCUT2D eigenvalue weighted by Gasteiger charge is -2.27. The highest BCUT2D eigenvalue weighted by atomic mass is 16.5. The van der Waals surface area contributed by atoms with E-state index in [1.165, 1.54) is 32.1 Å². The summed E-state index contributed by atoms with van der Waals surface area (Å²) in [7, 11) is 0. The number of nitrogens with two attached hydrogens (primary N) is 1. The molecule has 1 saturated carbocycles. The van der Waals surface area contributed by atoms with Crippen molar-refractivity contribution in [3.8, 4) is 0 Å². The lowest BCUT2D eigenvalue weighted by molar-refractivity contribution is 0.00818. The first kappa shape index (κ1) is 13.5. The van der Waals surface area contributed by atoms with Gasteiger partial charge in [0, 0.05) is 18.4 Å². The first-order valence-corrected chi connectivity index (χ1v) is 7.04. The fourth-order valence-corrected chi connectivity index (χ4v) is 2.70.